The van der Waals surface area contributed by atoms with Crippen LogP contribution in [-0.4, -0.2) is 69.2 Å². The number of carboxylic acid groups (broad SMARTS) is 1. The van der Waals surface area contributed by atoms with Gasteiger partial charge in [0.2, 0.25) is 17.7 Å². The highest BCUT2D eigenvalue weighted by molar-refractivity contribution is 7.80. The Morgan fingerprint density at radius 2 is 1.93 bits per heavy atom. The summed E-state index contributed by atoms with van der Waals surface area (Å²) in [6.07, 6.45) is 3.23. The maximum Gasteiger partial charge on any atom is 0.327 e. The lowest BCUT2D eigenvalue weighted by Gasteiger charge is -2.23. The molecular formula is C16H26N6O5S. The first-order valence-electron chi connectivity index (χ1n) is 8.59. The topological polar surface area (TPSA) is 179 Å². The molecule has 156 valence electrons. The third-order valence-corrected chi connectivity index (χ3v) is 4.18. The number of aromatic amines is 1. The van der Waals surface area contributed by atoms with Gasteiger partial charge in [-0.25, -0.2) is 9.78 Å². The Kier molecular flexibility index (Phi) is 9.45. The van der Waals surface area contributed by atoms with Gasteiger partial charge in [0.1, 0.15) is 12.1 Å². The number of nitrogens with zero attached hydrogens (tertiary/aromatic N) is 1. The molecule has 1 aromatic heterocycles. The van der Waals surface area contributed by atoms with Crippen molar-refractivity contribution in [3.63, 3.8) is 0 Å². The molecule has 3 unspecified atom stereocenters. The first-order valence-corrected chi connectivity index (χ1v) is 9.22. The fourth-order valence-electron chi connectivity index (χ4n) is 2.23. The van der Waals surface area contributed by atoms with Crippen molar-refractivity contribution < 1.29 is 24.3 Å². The Balaban J connectivity index is 2.53. The number of carbonyl (C=O) groups is 4. The van der Waals surface area contributed by atoms with Gasteiger partial charge in [0.05, 0.1) is 18.9 Å². The number of hydrogen-bond acceptors (Lipinski definition) is 7. The van der Waals surface area contributed by atoms with Crippen LogP contribution in [0, 0.1) is 5.92 Å². The number of nitrogens with one attached hydrogen (secondary N) is 4. The van der Waals surface area contributed by atoms with E-state index in [0.29, 0.717) is 5.69 Å². The monoisotopic (exact) mass is 414 g/mol. The van der Waals surface area contributed by atoms with Crippen LogP contribution < -0.4 is 21.7 Å². The summed E-state index contributed by atoms with van der Waals surface area (Å²) in [5.74, 6) is -3.41. The first kappa shape index (κ1) is 23.4. The first-order chi connectivity index (χ1) is 13.1. The number of aliphatic carboxylic acids is 1. The molecule has 1 heterocycles. The Bertz CT molecular complexity index is 681. The second-order valence-corrected chi connectivity index (χ2v) is 6.84. The Morgan fingerprint density at radius 1 is 1.25 bits per heavy atom. The number of rotatable bonds is 11. The van der Waals surface area contributed by atoms with Gasteiger partial charge in [-0.3, -0.25) is 14.4 Å². The van der Waals surface area contributed by atoms with Gasteiger partial charge < -0.3 is 31.8 Å². The largest absolute Gasteiger partial charge is 0.480 e. The zero-order valence-electron chi connectivity index (χ0n) is 15.6. The molecule has 0 aliphatic rings. The number of nitrogens with two attached hydrogens (primary N) is 1. The van der Waals surface area contributed by atoms with Crippen molar-refractivity contribution in [2.75, 3.05) is 12.3 Å². The van der Waals surface area contributed by atoms with E-state index in [0.717, 1.165) is 0 Å². The summed E-state index contributed by atoms with van der Waals surface area (Å²) in [4.78, 5) is 54.0. The van der Waals surface area contributed by atoms with E-state index < -0.39 is 41.8 Å². The van der Waals surface area contributed by atoms with E-state index >= 15 is 0 Å². The third kappa shape index (κ3) is 7.56. The fraction of sp³-hybridized carbons (Fsp3) is 0.562. The number of carboxylic acids is 1. The molecule has 0 radical (unpaired) electrons. The predicted molar refractivity (Wildman–Crippen MR) is 103 cm³/mol. The quantitative estimate of drug-likeness (QED) is 0.205. The SMILES string of the molecule is CC(C)C(NC(=O)CNC(=O)C(N)Cc1cnc[nH]1)C(=O)NC(CS)C(=O)O. The van der Waals surface area contributed by atoms with E-state index in [2.05, 4.69) is 38.5 Å². The van der Waals surface area contributed by atoms with Gasteiger partial charge in [-0.1, -0.05) is 13.8 Å². The van der Waals surface area contributed by atoms with Gasteiger partial charge in [0, 0.05) is 24.1 Å². The lowest BCUT2D eigenvalue weighted by atomic mass is 10.0. The maximum atomic E-state index is 12.3. The normalized spacial score (nSPS) is 14.0. The van der Waals surface area contributed by atoms with Crippen molar-refractivity contribution in [1.82, 2.24) is 25.9 Å². The Labute approximate surface area is 167 Å². The highest BCUT2D eigenvalue weighted by Crippen LogP contribution is 2.03. The molecule has 28 heavy (non-hydrogen) atoms. The van der Waals surface area contributed by atoms with Gasteiger partial charge >= 0.3 is 5.97 Å². The van der Waals surface area contributed by atoms with Crippen molar-refractivity contribution in [2.45, 2.75) is 38.4 Å². The fourth-order valence-corrected chi connectivity index (χ4v) is 2.48. The van der Waals surface area contributed by atoms with Gasteiger partial charge in [-0.05, 0) is 5.92 Å². The standard InChI is InChI=1S/C16H26N6O5S/c1-8(2)13(15(25)21-11(6-28)16(26)27)22-12(23)5-19-14(24)10(17)3-9-4-18-7-20-9/h4,7-8,10-11,13,28H,3,5-6,17H2,1-2H3,(H,18,20)(H,19,24)(H,21,25)(H,22,23)(H,26,27). The van der Waals surface area contributed by atoms with Crippen LogP contribution in [-0.2, 0) is 25.6 Å². The minimum atomic E-state index is -1.23. The summed E-state index contributed by atoms with van der Waals surface area (Å²) in [5, 5.41) is 16.2. The zero-order chi connectivity index (χ0) is 21.3. The molecule has 0 saturated carbocycles. The number of H-pyrrole nitrogens is 1. The van der Waals surface area contributed by atoms with E-state index in [9.17, 15) is 19.2 Å². The maximum absolute atomic E-state index is 12.3. The summed E-state index contributed by atoms with van der Waals surface area (Å²) in [7, 11) is 0. The van der Waals surface area contributed by atoms with Gasteiger partial charge in [-0.2, -0.15) is 12.6 Å². The van der Waals surface area contributed by atoms with Crippen LogP contribution in [0.25, 0.3) is 0 Å². The van der Waals surface area contributed by atoms with Gasteiger partial charge in [0.25, 0.3) is 0 Å². The summed E-state index contributed by atoms with van der Waals surface area (Å²) in [5.41, 5.74) is 6.45. The van der Waals surface area contributed by atoms with Crippen molar-refractivity contribution in [1.29, 1.82) is 0 Å². The van der Waals surface area contributed by atoms with Crippen LogP contribution >= 0.6 is 12.6 Å². The van der Waals surface area contributed by atoms with E-state index in [-0.39, 0.29) is 24.6 Å². The van der Waals surface area contributed by atoms with Crippen molar-refractivity contribution in [2.24, 2.45) is 11.7 Å². The second kappa shape index (κ2) is 11.3. The number of amides is 3. The number of hydrogen-bond donors (Lipinski definition) is 7. The van der Waals surface area contributed by atoms with Crippen molar-refractivity contribution in [3.8, 4) is 0 Å². The Hall–Kier alpha value is -2.60. The number of aromatic nitrogens is 2. The molecule has 0 fully saturated rings. The van der Waals surface area contributed by atoms with Crippen LogP contribution in [0.15, 0.2) is 12.5 Å². The molecule has 12 heteroatoms. The molecule has 3 atom stereocenters. The van der Waals surface area contributed by atoms with Crippen LogP contribution in [0.5, 0.6) is 0 Å². The molecule has 1 aromatic rings. The smallest absolute Gasteiger partial charge is 0.327 e. The minimum Gasteiger partial charge on any atom is -0.480 e. The van der Waals surface area contributed by atoms with Crippen LogP contribution in [0.3, 0.4) is 0 Å². The molecule has 0 aliphatic carbocycles. The lowest BCUT2D eigenvalue weighted by molar-refractivity contribution is -0.141. The zero-order valence-corrected chi connectivity index (χ0v) is 16.5. The molecule has 0 bridgehead atoms. The minimum absolute atomic E-state index is 0.0931. The summed E-state index contributed by atoms with van der Waals surface area (Å²) in [6, 6.07) is -3.01. The molecule has 0 aliphatic heterocycles. The lowest BCUT2D eigenvalue weighted by Crippen LogP contribution is -2.56. The molecule has 7 N–H and O–H groups in total. The van der Waals surface area contributed by atoms with Crippen LogP contribution in [0.1, 0.15) is 19.5 Å². The van der Waals surface area contributed by atoms with Crippen molar-refractivity contribution in [3.05, 3.63) is 18.2 Å². The van der Waals surface area contributed by atoms with Crippen LogP contribution in [0.2, 0.25) is 0 Å². The van der Waals surface area contributed by atoms with E-state index in [1.165, 1.54) is 6.33 Å². The molecule has 1 rings (SSSR count). The molecular weight excluding hydrogens is 388 g/mol. The predicted octanol–water partition coefficient (Wildman–Crippen LogP) is -1.96. The highest BCUT2D eigenvalue weighted by Gasteiger charge is 2.28. The summed E-state index contributed by atoms with van der Waals surface area (Å²) < 4.78 is 0. The third-order valence-electron chi connectivity index (χ3n) is 3.82. The summed E-state index contributed by atoms with van der Waals surface area (Å²) >= 11 is 3.88. The molecule has 11 nitrogen and oxygen atoms in total. The number of thiol groups is 1. The van der Waals surface area contributed by atoms with Crippen molar-refractivity contribution >= 4 is 36.3 Å². The molecule has 3 amide bonds. The van der Waals surface area contributed by atoms with Gasteiger partial charge in [-0.15, -0.1) is 0 Å². The van der Waals surface area contributed by atoms with E-state index in [4.69, 9.17) is 10.8 Å². The number of imidazole rings is 1. The van der Waals surface area contributed by atoms with E-state index in [1.807, 2.05) is 0 Å². The Morgan fingerprint density at radius 3 is 2.43 bits per heavy atom. The van der Waals surface area contributed by atoms with Crippen LogP contribution in [0.4, 0.5) is 0 Å². The highest BCUT2D eigenvalue weighted by atomic mass is 32.1. The number of carbonyl (C=O) groups excluding carboxylic acids is 3. The second-order valence-electron chi connectivity index (χ2n) is 6.48. The average molecular weight is 414 g/mol. The molecule has 0 spiro atoms. The van der Waals surface area contributed by atoms with Gasteiger partial charge in [0.15, 0.2) is 0 Å². The average Bonchev–Trinajstić information content (AvgIpc) is 3.14. The molecule has 0 saturated heterocycles. The molecule has 0 aromatic carbocycles. The summed E-state index contributed by atoms with van der Waals surface area (Å²) in [6.45, 7) is 3.01. The van der Waals surface area contributed by atoms with E-state index in [1.54, 1.807) is 20.0 Å².